The number of anilines is 1. The summed E-state index contributed by atoms with van der Waals surface area (Å²) in [7, 11) is 0. The van der Waals surface area contributed by atoms with Crippen molar-refractivity contribution in [2.75, 3.05) is 18.4 Å². The first-order chi connectivity index (χ1) is 9.79. The molecule has 1 heterocycles. The minimum absolute atomic E-state index is 0.0578. The molecular formula is C16H25N3O. The Labute approximate surface area is 121 Å². The van der Waals surface area contributed by atoms with Gasteiger partial charge < -0.3 is 10.6 Å². The zero-order valence-corrected chi connectivity index (χ0v) is 12.3. The van der Waals surface area contributed by atoms with Gasteiger partial charge in [0.15, 0.2) is 0 Å². The standard InChI is InChI=1S/C16H25N3O/c1-2-10-17-14-8-9-15(18-12-14)16(20)19-11-13-6-4-3-5-7-13/h8-9,12-13,17H,2-7,10-11H2,1H3,(H,19,20). The number of aromatic nitrogens is 1. The number of nitrogens with one attached hydrogen (secondary N) is 2. The third-order valence-corrected chi connectivity index (χ3v) is 3.85. The maximum absolute atomic E-state index is 12.0. The fourth-order valence-corrected chi connectivity index (χ4v) is 2.62. The number of hydrogen-bond donors (Lipinski definition) is 2. The van der Waals surface area contributed by atoms with Crippen LogP contribution >= 0.6 is 0 Å². The Bertz CT molecular complexity index is 410. The van der Waals surface area contributed by atoms with E-state index in [9.17, 15) is 4.79 Å². The Morgan fingerprint density at radius 2 is 2.10 bits per heavy atom. The Morgan fingerprint density at radius 1 is 1.30 bits per heavy atom. The molecule has 2 rings (SSSR count). The average molecular weight is 275 g/mol. The molecule has 0 bridgehead atoms. The normalized spacial score (nSPS) is 15.8. The summed E-state index contributed by atoms with van der Waals surface area (Å²) in [5.41, 5.74) is 1.47. The van der Waals surface area contributed by atoms with Crippen LogP contribution in [0.3, 0.4) is 0 Å². The van der Waals surface area contributed by atoms with Crippen LogP contribution in [0.4, 0.5) is 5.69 Å². The Hall–Kier alpha value is -1.58. The highest BCUT2D eigenvalue weighted by atomic mass is 16.1. The van der Waals surface area contributed by atoms with Crippen LogP contribution in [0, 0.1) is 5.92 Å². The van der Waals surface area contributed by atoms with Gasteiger partial charge in [0.05, 0.1) is 11.9 Å². The molecular weight excluding hydrogens is 250 g/mol. The van der Waals surface area contributed by atoms with Crippen LogP contribution in [-0.2, 0) is 0 Å². The summed E-state index contributed by atoms with van der Waals surface area (Å²) in [6.07, 6.45) is 9.24. The van der Waals surface area contributed by atoms with Crippen molar-refractivity contribution >= 4 is 11.6 Å². The maximum Gasteiger partial charge on any atom is 0.269 e. The molecule has 4 heteroatoms. The van der Waals surface area contributed by atoms with Gasteiger partial charge in [-0.25, -0.2) is 4.98 Å². The van der Waals surface area contributed by atoms with Crippen molar-refractivity contribution in [1.29, 1.82) is 0 Å². The van der Waals surface area contributed by atoms with E-state index < -0.39 is 0 Å². The molecule has 4 nitrogen and oxygen atoms in total. The minimum Gasteiger partial charge on any atom is -0.384 e. The molecule has 1 saturated carbocycles. The van der Waals surface area contributed by atoms with Crippen molar-refractivity contribution in [1.82, 2.24) is 10.3 Å². The van der Waals surface area contributed by atoms with Gasteiger partial charge in [-0.2, -0.15) is 0 Å². The second-order valence-corrected chi connectivity index (χ2v) is 5.57. The summed E-state index contributed by atoms with van der Waals surface area (Å²) in [5.74, 6) is 0.593. The fraction of sp³-hybridized carbons (Fsp3) is 0.625. The van der Waals surface area contributed by atoms with E-state index in [1.807, 2.05) is 6.07 Å². The van der Waals surface area contributed by atoms with Crippen LogP contribution in [0.25, 0.3) is 0 Å². The van der Waals surface area contributed by atoms with E-state index in [1.165, 1.54) is 32.1 Å². The monoisotopic (exact) mass is 275 g/mol. The molecule has 1 amide bonds. The first-order valence-corrected chi connectivity index (χ1v) is 7.77. The number of amides is 1. The third kappa shape index (κ3) is 4.51. The first kappa shape index (κ1) is 14.8. The van der Waals surface area contributed by atoms with Gasteiger partial charge in [-0.05, 0) is 37.3 Å². The average Bonchev–Trinajstić information content (AvgIpc) is 2.52. The number of carbonyl (C=O) groups excluding carboxylic acids is 1. The SMILES string of the molecule is CCCNc1ccc(C(=O)NCC2CCCCC2)nc1. The summed E-state index contributed by atoms with van der Waals surface area (Å²) < 4.78 is 0. The van der Waals surface area contributed by atoms with Gasteiger partial charge in [0.1, 0.15) is 5.69 Å². The lowest BCUT2D eigenvalue weighted by Gasteiger charge is -2.21. The number of rotatable bonds is 6. The van der Waals surface area contributed by atoms with Crippen LogP contribution in [0.2, 0.25) is 0 Å². The highest BCUT2D eigenvalue weighted by Crippen LogP contribution is 2.22. The molecule has 1 aromatic heterocycles. The largest absolute Gasteiger partial charge is 0.384 e. The van der Waals surface area contributed by atoms with E-state index in [-0.39, 0.29) is 5.91 Å². The lowest BCUT2D eigenvalue weighted by molar-refractivity contribution is 0.0938. The Morgan fingerprint density at radius 3 is 2.75 bits per heavy atom. The molecule has 0 unspecified atom stereocenters. The van der Waals surface area contributed by atoms with Crippen molar-refractivity contribution in [3.05, 3.63) is 24.0 Å². The molecule has 0 atom stereocenters. The van der Waals surface area contributed by atoms with E-state index in [1.54, 1.807) is 12.3 Å². The Kier molecular flexibility index (Phi) is 5.84. The molecule has 1 aromatic rings. The highest BCUT2D eigenvalue weighted by molar-refractivity contribution is 5.92. The first-order valence-electron chi connectivity index (χ1n) is 7.77. The zero-order valence-electron chi connectivity index (χ0n) is 12.3. The lowest BCUT2D eigenvalue weighted by Crippen LogP contribution is -2.30. The van der Waals surface area contributed by atoms with Gasteiger partial charge in [0.25, 0.3) is 5.91 Å². The van der Waals surface area contributed by atoms with Crippen LogP contribution < -0.4 is 10.6 Å². The number of carbonyl (C=O) groups is 1. The van der Waals surface area contributed by atoms with Gasteiger partial charge in [-0.1, -0.05) is 26.2 Å². The molecule has 1 aliphatic carbocycles. The van der Waals surface area contributed by atoms with E-state index in [2.05, 4.69) is 22.5 Å². The van der Waals surface area contributed by atoms with Gasteiger partial charge in [-0.3, -0.25) is 4.79 Å². The smallest absolute Gasteiger partial charge is 0.269 e. The zero-order chi connectivity index (χ0) is 14.2. The van der Waals surface area contributed by atoms with Crippen molar-refractivity contribution in [3.63, 3.8) is 0 Å². The molecule has 110 valence electrons. The van der Waals surface area contributed by atoms with Gasteiger partial charge in [0.2, 0.25) is 0 Å². The van der Waals surface area contributed by atoms with E-state index >= 15 is 0 Å². The van der Waals surface area contributed by atoms with E-state index in [4.69, 9.17) is 0 Å². The van der Waals surface area contributed by atoms with Crippen molar-refractivity contribution in [2.24, 2.45) is 5.92 Å². The second-order valence-electron chi connectivity index (χ2n) is 5.57. The molecule has 1 fully saturated rings. The van der Waals surface area contributed by atoms with E-state index in [0.29, 0.717) is 11.6 Å². The summed E-state index contributed by atoms with van der Waals surface area (Å²) in [5, 5.41) is 6.26. The molecule has 0 spiro atoms. The third-order valence-electron chi connectivity index (χ3n) is 3.85. The molecule has 2 N–H and O–H groups in total. The van der Waals surface area contributed by atoms with Gasteiger partial charge >= 0.3 is 0 Å². The highest BCUT2D eigenvalue weighted by Gasteiger charge is 2.15. The number of pyridine rings is 1. The van der Waals surface area contributed by atoms with Crippen LogP contribution in [0.5, 0.6) is 0 Å². The molecule has 20 heavy (non-hydrogen) atoms. The molecule has 1 aliphatic rings. The molecule has 0 aromatic carbocycles. The van der Waals surface area contributed by atoms with Crippen molar-refractivity contribution < 1.29 is 4.79 Å². The second kappa shape index (κ2) is 7.88. The number of hydrogen-bond acceptors (Lipinski definition) is 3. The quantitative estimate of drug-likeness (QED) is 0.838. The molecule has 0 radical (unpaired) electrons. The van der Waals surface area contributed by atoms with Crippen LogP contribution in [0.15, 0.2) is 18.3 Å². The lowest BCUT2D eigenvalue weighted by atomic mass is 9.89. The maximum atomic E-state index is 12.0. The predicted molar refractivity (Wildman–Crippen MR) is 81.9 cm³/mol. The van der Waals surface area contributed by atoms with Crippen molar-refractivity contribution in [2.45, 2.75) is 45.4 Å². The summed E-state index contributed by atoms with van der Waals surface area (Å²) in [6.45, 7) is 3.83. The fourth-order valence-electron chi connectivity index (χ4n) is 2.62. The van der Waals surface area contributed by atoms with Crippen LogP contribution in [0.1, 0.15) is 55.9 Å². The van der Waals surface area contributed by atoms with Crippen LogP contribution in [-0.4, -0.2) is 24.0 Å². The van der Waals surface area contributed by atoms with E-state index in [0.717, 1.165) is 25.2 Å². The van der Waals surface area contributed by atoms with Gasteiger partial charge in [-0.15, -0.1) is 0 Å². The molecule has 0 saturated heterocycles. The minimum atomic E-state index is -0.0578. The Balaban J connectivity index is 1.79. The van der Waals surface area contributed by atoms with Crippen molar-refractivity contribution in [3.8, 4) is 0 Å². The van der Waals surface area contributed by atoms with Gasteiger partial charge in [0, 0.05) is 13.1 Å². The number of nitrogens with zero attached hydrogens (tertiary/aromatic N) is 1. The predicted octanol–water partition coefficient (Wildman–Crippen LogP) is 3.21. The molecule has 0 aliphatic heterocycles. The summed E-state index contributed by atoms with van der Waals surface area (Å²) in [6, 6.07) is 3.70. The summed E-state index contributed by atoms with van der Waals surface area (Å²) >= 11 is 0. The topological polar surface area (TPSA) is 54.0 Å². The summed E-state index contributed by atoms with van der Waals surface area (Å²) in [4.78, 5) is 16.2.